The van der Waals surface area contributed by atoms with Gasteiger partial charge in [0.15, 0.2) is 0 Å². The van der Waals surface area contributed by atoms with Crippen LogP contribution < -0.4 is 21.3 Å². The minimum absolute atomic E-state index is 0.0956. The summed E-state index contributed by atoms with van der Waals surface area (Å²) < 4.78 is 0. The van der Waals surface area contributed by atoms with Crippen LogP contribution >= 0.6 is 23.2 Å². The van der Waals surface area contributed by atoms with Gasteiger partial charge in [-0.3, -0.25) is 4.79 Å². The van der Waals surface area contributed by atoms with Gasteiger partial charge in [-0.15, -0.1) is 0 Å². The lowest BCUT2D eigenvalue weighted by Gasteiger charge is -2.36. The highest BCUT2D eigenvalue weighted by Gasteiger charge is 2.19. The number of rotatable bonds is 9. The normalized spacial score (nSPS) is 20.8. The van der Waals surface area contributed by atoms with Crippen molar-refractivity contribution in [2.45, 2.75) is 51.1 Å². The van der Waals surface area contributed by atoms with E-state index in [2.05, 4.69) is 39.2 Å². The van der Waals surface area contributed by atoms with Crippen molar-refractivity contribution in [3.05, 3.63) is 75.5 Å². The van der Waals surface area contributed by atoms with Crippen LogP contribution in [0, 0.1) is 0 Å². The predicted molar refractivity (Wildman–Crippen MR) is 150 cm³/mol. The monoisotopic (exact) mass is 529 g/mol. The Morgan fingerprint density at radius 3 is 2.67 bits per heavy atom. The third-order valence-corrected chi connectivity index (χ3v) is 7.42. The molecular formula is C28H37Cl2N5O. The van der Waals surface area contributed by atoms with Gasteiger partial charge < -0.3 is 26.2 Å². The Kier molecular flexibility index (Phi) is 9.93. The number of carbonyl (C=O) groups excluding carboxylic acids is 1. The van der Waals surface area contributed by atoms with Crippen LogP contribution in [0.1, 0.15) is 48.5 Å². The van der Waals surface area contributed by atoms with Gasteiger partial charge >= 0.3 is 0 Å². The number of nitrogens with one attached hydrogen (secondary N) is 4. The average molecular weight is 531 g/mol. The second-order valence-corrected chi connectivity index (χ2v) is 10.6. The van der Waals surface area contributed by atoms with Crippen molar-refractivity contribution in [1.29, 1.82) is 0 Å². The van der Waals surface area contributed by atoms with E-state index in [1.165, 1.54) is 19.3 Å². The number of carbonyl (C=O) groups is 1. The maximum atomic E-state index is 12.6. The van der Waals surface area contributed by atoms with E-state index < -0.39 is 0 Å². The van der Waals surface area contributed by atoms with E-state index in [0.29, 0.717) is 40.7 Å². The first-order chi connectivity index (χ1) is 17.5. The molecule has 36 heavy (non-hydrogen) atoms. The number of amides is 1. The summed E-state index contributed by atoms with van der Waals surface area (Å²) in [5.74, 6) is 1.05. The minimum atomic E-state index is -0.0956. The number of piperidine rings is 1. The molecule has 8 heteroatoms. The lowest BCUT2D eigenvalue weighted by Crippen LogP contribution is -2.49. The second kappa shape index (κ2) is 13.3. The highest BCUT2D eigenvalue weighted by molar-refractivity contribution is 6.35. The van der Waals surface area contributed by atoms with Gasteiger partial charge in [-0.05, 0) is 87.2 Å². The fourth-order valence-corrected chi connectivity index (χ4v) is 5.28. The van der Waals surface area contributed by atoms with E-state index in [0.717, 1.165) is 49.7 Å². The smallest absolute Gasteiger partial charge is 0.251 e. The molecule has 1 amide bonds. The van der Waals surface area contributed by atoms with Gasteiger partial charge in [0, 0.05) is 59.6 Å². The molecule has 0 bridgehead atoms. The van der Waals surface area contributed by atoms with Crippen molar-refractivity contribution in [3.8, 4) is 0 Å². The second-order valence-electron chi connectivity index (χ2n) is 9.72. The summed E-state index contributed by atoms with van der Waals surface area (Å²) >= 11 is 12.2. The molecule has 4 N–H and O–H groups in total. The molecule has 2 heterocycles. The summed E-state index contributed by atoms with van der Waals surface area (Å²) in [5.41, 5.74) is 2.58. The van der Waals surface area contributed by atoms with E-state index in [1.54, 1.807) is 6.07 Å². The summed E-state index contributed by atoms with van der Waals surface area (Å²) in [6.45, 7) is 6.75. The van der Waals surface area contributed by atoms with Crippen LogP contribution in [0.4, 0.5) is 5.69 Å². The van der Waals surface area contributed by atoms with Crippen molar-refractivity contribution in [2.75, 3.05) is 38.0 Å². The first-order valence-corrected chi connectivity index (χ1v) is 13.7. The standard InChI is InChI=1S/C28H37Cl2N5O/c1-20-19-35(17-16-31-20)27(12-11-24-4-2-3-14-32-24)34-25-9-6-22(7-10-25)28(36)33-15-13-21-5-8-23(29)18-26(21)30/h5-10,12,18,20,24,31-32,34H,2-4,11,13-17,19H2,1H3,(H,33,36)/b27-12-/t20-,24?/m0/s1. The molecule has 0 saturated carbocycles. The molecule has 2 fully saturated rings. The topological polar surface area (TPSA) is 68.4 Å². The Labute approximate surface area is 224 Å². The van der Waals surface area contributed by atoms with Crippen LogP contribution in [0.2, 0.25) is 10.0 Å². The van der Waals surface area contributed by atoms with Gasteiger partial charge in [0.1, 0.15) is 5.82 Å². The maximum Gasteiger partial charge on any atom is 0.251 e. The molecule has 2 aromatic carbocycles. The van der Waals surface area contributed by atoms with Crippen molar-refractivity contribution in [1.82, 2.24) is 20.9 Å². The van der Waals surface area contributed by atoms with Crippen molar-refractivity contribution in [2.24, 2.45) is 0 Å². The maximum absolute atomic E-state index is 12.6. The molecule has 1 unspecified atom stereocenters. The number of anilines is 1. The Hall–Kier alpha value is -2.25. The average Bonchev–Trinajstić information content (AvgIpc) is 2.88. The van der Waals surface area contributed by atoms with Crippen LogP contribution in [-0.2, 0) is 6.42 Å². The van der Waals surface area contributed by atoms with E-state index in [1.807, 2.05) is 36.4 Å². The number of nitrogens with zero attached hydrogens (tertiary/aromatic N) is 1. The molecule has 2 atom stereocenters. The third kappa shape index (κ3) is 7.87. The van der Waals surface area contributed by atoms with Gasteiger partial charge in [-0.2, -0.15) is 0 Å². The number of benzene rings is 2. The van der Waals surface area contributed by atoms with E-state index >= 15 is 0 Å². The number of hydrogen-bond donors (Lipinski definition) is 4. The zero-order valence-electron chi connectivity index (χ0n) is 21.0. The molecule has 2 aliphatic heterocycles. The molecule has 2 aromatic rings. The molecule has 2 aliphatic rings. The van der Waals surface area contributed by atoms with Crippen molar-refractivity contribution < 1.29 is 4.79 Å². The highest BCUT2D eigenvalue weighted by atomic mass is 35.5. The Morgan fingerprint density at radius 2 is 1.94 bits per heavy atom. The van der Waals surface area contributed by atoms with Crippen molar-refractivity contribution in [3.63, 3.8) is 0 Å². The fraction of sp³-hybridized carbons (Fsp3) is 0.464. The molecule has 0 spiro atoms. The van der Waals surface area contributed by atoms with Crippen LogP contribution in [0.25, 0.3) is 0 Å². The van der Waals surface area contributed by atoms with Gasteiger partial charge in [-0.25, -0.2) is 0 Å². The van der Waals surface area contributed by atoms with Gasteiger partial charge in [0.05, 0.1) is 0 Å². The Balaban J connectivity index is 1.34. The largest absolute Gasteiger partial charge is 0.356 e. The van der Waals surface area contributed by atoms with Gasteiger partial charge in [0.2, 0.25) is 0 Å². The number of hydrogen-bond acceptors (Lipinski definition) is 5. The molecule has 194 valence electrons. The van der Waals surface area contributed by atoms with Crippen molar-refractivity contribution >= 4 is 34.8 Å². The lowest BCUT2D eigenvalue weighted by atomic mass is 10.0. The lowest BCUT2D eigenvalue weighted by molar-refractivity contribution is 0.0954. The summed E-state index contributed by atoms with van der Waals surface area (Å²) in [5, 5.41) is 15.0. The first-order valence-electron chi connectivity index (χ1n) is 13.0. The Bertz CT molecular complexity index is 1040. The van der Waals surface area contributed by atoms with Gasteiger partial charge in [-0.1, -0.05) is 35.7 Å². The van der Waals surface area contributed by atoms with Crippen LogP contribution in [-0.4, -0.2) is 55.6 Å². The van der Waals surface area contributed by atoms with E-state index in [4.69, 9.17) is 23.2 Å². The van der Waals surface area contributed by atoms with Crippen LogP contribution in [0.15, 0.2) is 54.4 Å². The molecule has 2 saturated heterocycles. The number of halogens is 2. The summed E-state index contributed by atoms with van der Waals surface area (Å²) in [6.07, 6.45) is 7.80. The molecule has 0 aromatic heterocycles. The molecule has 0 radical (unpaired) electrons. The molecule has 4 rings (SSSR count). The zero-order valence-corrected chi connectivity index (χ0v) is 22.5. The molecule has 6 nitrogen and oxygen atoms in total. The first kappa shape index (κ1) is 26.8. The summed E-state index contributed by atoms with van der Waals surface area (Å²) in [6, 6.07) is 14.1. The zero-order chi connectivity index (χ0) is 25.3. The fourth-order valence-electron chi connectivity index (χ4n) is 4.78. The number of piperazine rings is 1. The van der Waals surface area contributed by atoms with Crippen LogP contribution in [0.3, 0.4) is 0 Å². The quantitative estimate of drug-likeness (QED) is 0.366. The molecule has 0 aliphatic carbocycles. The molecular weight excluding hydrogens is 493 g/mol. The van der Waals surface area contributed by atoms with Gasteiger partial charge in [0.25, 0.3) is 5.91 Å². The predicted octanol–water partition coefficient (Wildman–Crippen LogP) is 5.05. The summed E-state index contributed by atoms with van der Waals surface area (Å²) in [7, 11) is 0. The van der Waals surface area contributed by atoms with E-state index in [-0.39, 0.29) is 5.91 Å². The third-order valence-electron chi connectivity index (χ3n) is 6.83. The van der Waals surface area contributed by atoms with Crippen LogP contribution in [0.5, 0.6) is 0 Å². The van der Waals surface area contributed by atoms with E-state index in [9.17, 15) is 4.79 Å². The summed E-state index contributed by atoms with van der Waals surface area (Å²) in [4.78, 5) is 15.1. The SMILES string of the molecule is C[C@H]1CN(/C(=C\CC2CCCCN2)Nc2ccc(C(=O)NCCc3ccc(Cl)cc3Cl)cc2)CCN1. The highest BCUT2D eigenvalue weighted by Crippen LogP contribution is 2.21. The minimum Gasteiger partial charge on any atom is -0.356 e. The Morgan fingerprint density at radius 1 is 1.11 bits per heavy atom.